The number of aliphatic hydroxyl groups excluding tert-OH is 8. The molecule has 0 aromatic rings. The van der Waals surface area contributed by atoms with Gasteiger partial charge in [0, 0.05) is 0 Å². The van der Waals surface area contributed by atoms with E-state index in [4.69, 9.17) is 24.8 Å². The average Bonchev–Trinajstić information content (AvgIpc) is 2.55. The van der Waals surface area contributed by atoms with Gasteiger partial charge < -0.3 is 55.4 Å². The minimum absolute atomic E-state index is 0.727. The number of hydrogen-bond donors (Lipinski definition) is 9. The Bertz CT molecular complexity index is 405. The van der Waals surface area contributed by atoms with Gasteiger partial charge >= 0.3 is 5.97 Å². The summed E-state index contributed by atoms with van der Waals surface area (Å²) >= 11 is 0. The molecule has 1 unspecified atom stereocenters. The van der Waals surface area contributed by atoms with Gasteiger partial charge in [-0.2, -0.15) is 0 Å². The summed E-state index contributed by atoms with van der Waals surface area (Å²) in [4.78, 5) is 10.7. The fourth-order valence-electron chi connectivity index (χ4n) is 2.20. The average molecular weight is 358 g/mol. The second kappa shape index (κ2) is 8.96. The van der Waals surface area contributed by atoms with Crippen LogP contribution in [0.5, 0.6) is 0 Å². The van der Waals surface area contributed by atoms with Crippen molar-refractivity contribution in [1.29, 1.82) is 0 Å². The molecule has 0 spiro atoms. The molecule has 0 radical (unpaired) electrons. The van der Waals surface area contributed by atoms with Crippen molar-refractivity contribution in [2.24, 2.45) is 5.92 Å². The summed E-state index contributed by atoms with van der Waals surface area (Å²) in [7, 11) is 0. The number of carbonyl (C=O) groups is 1. The van der Waals surface area contributed by atoms with E-state index in [-0.39, 0.29) is 0 Å². The Balaban J connectivity index is 2.92. The highest BCUT2D eigenvalue weighted by molar-refractivity contribution is 5.72. The maximum atomic E-state index is 10.7. The van der Waals surface area contributed by atoms with Gasteiger partial charge in [-0.3, -0.25) is 0 Å². The van der Waals surface area contributed by atoms with Crippen LogP contribution in [-0.4, -0.2) is 114 Å². The van der Waals surface area contributed by atoms with Crippen molar-refractivity contribution in [1.82, 2.24) is 0 Å². The molecule has 1 rings (SSSR count). The third kappa shape index (κ3) is 4.58. The van der Waals surface area contributed by atoms with E-state index in [1.807, 2.05) is 0 Å². The number of hydrogen-bond acceptors (Lipinski definition) is 11. The topological polar surface area (TPSA) is 218 Å². The van der Waals surface area contributed by atoms with Crippen molar-refractivity contribution >= 4 is 5.97 Å². The van der Waals surface area contributed by atoms with E-state index in [1.165, 1.54) is 0 Å². The lowest BCUT2D eigenvalue weighted by Crippen LogP contribution is -2.59. The second-order valence-electron chi connectivity index (χ2n) is 5.35. The zero-order valence-corrected chi connectivity index (χ0v) is 12.4. The van der Waals surface area contributed by atoms with Crippen LogP contribution in [0.25, 0.3) is 0 Å². The van der Waals surface area contributed by atoms with Crippen LogP contribution in [0.2, 0.25) is 0 Å². The second-order valence-corrected chi connectivity index (χ2v) is 5.35. The van der Waals surface area contributed by atoms with Crippen molar-refractivity contribution in [2.45, 2.75) is 49.2 Å². The lowest BCUT2D eigenvalue weighted by Gasteiger charge is -2.42. The van der Waals surface area contributed by atoms with Crippen LogP contribution in [0.1, 0.15) is 0 Å². The van der Waals surface area contributed by atoms with E-state index in [0.717, 1.165) is 0 Å². The van der Waals surface area contributed by atoms with Gasteiger partial charge in [0.25, 0.3) is 0 Å². The van der Waals surface area contributed by atoms with Gasteiger partial charge in [0.05, 0.1) is 25.2 Å². The van der Waals surface area contributed by atoms with Gasteiger partial charge in [-0.05, 0) is 0 Å². The molecule has 0 aliphatic carbocycles. The normalized spacial score (nSPS) is 35.9. The number of ether oxygens (including phenoxy) is 2. The zero-order valence-electron chi connectivity index (χ0n) is 12.4. The molecule has 1 saturated heterocycles. The smallest absolute Gasteiger partial charge is 0.335 e. The quantitative estimate of drug-likeness (QED) is 0.198. The first kappa shape index (κ1) is 21.1. The molecule has 1 aliphatic rings. The van der Waals surface area contributed by atoms with Gasteiger partial charge in [0.15, 0.2) is 18.7 Å². The van der Waals surface area contributed by atoms with E-state index in [9.17, 15) is 35.4 Å². The highest BCUT2D eigenvalue weighted by Gasteiger charge is 2.47. The highest BCUT2D eigenvalue weighted by atomic mass is 16.7. The molecule has 0 saturated carbocycles. The predicted octanol–water partition coefficient (Wildman–Crippen LogP) is -5.46. The fraction of sp³-hybridized carbons (Fsp3) is 0.917. The first-order valence-electron chi connectivity index (χ1n) is 6.99. The van der Waals surface area contributed by atoms with E-state index < -0.39 is 74.3 Å². The van der Waals surface area contributed by atoms with Gasteiger partial charge in [0.2, 0.25) is 0 Å². The lowest BCUT2D eigenvalue weighted by atomic mass is 9.94. The lowest BCUT2D eigenvalue weighted by molar-refractivity contribution is -0.352. The highest BCUT2D eigenvalue weighted by Crippen LogP contribution is 2.27. The molecule has 0 bridgehead atoms. The van der Waals surface area contributed by atoms with Crippen molar-refractivity contribution in [3.63, 3.8) is 0 Å². The van der Waals surface area contributed by atoms with Crippen molar-refractivity contribution < 1.29 is 60.2 Å². The summed E-state index contributed by atoms with van der Waals surface area (Å²) in [5.74, 6) is -3.10. The molecule has 0 amide bonds. The van der Waals surface area contributed by atoms with Crippen LogP contribution < -0.4 is 0 Å². The summed E-state index contributed by atoms with van der Waals surface area (Å²) in [5.41, 5.74) is 0. The minimum Gasteiger partial charge on any atom is -0.479 e. The van der Waals surface area contributed by atoms with Gasteiger partial charge in [0.1, 0.15) is 24.4 Å². The van der Waals surface area contributed by atoms with E-state index in [0.29, 0.717) is 0 Å². The zero-order chi connectivity index (χ0) is 18.6. The first-order valence-corrected chi connectivity index (χ1v) is 6.99. The molecular weight excluding hydrogens is 336 g/mol. The summed E-state index contributed by atoms with van der Waals surface area (Å²) in [6, 6.07) is 0. The van der Waals surface area contributed by atoms with Gasteiger partial charge in [-0.1, -0.05) is 0 Å². The van der Waals surface area contributed by atoms with Crippen LogP contribution in [0.15, 0.2) is 0 Å². The van der Waals surface area contributed by atoms with Crippen LogP contribution in [0.4, 0.5) is 0 Å². The fourth-order valence-corrected chi connectivity index (χ4v) is 2.20. The van der Waals surface area contributed by atoms with Gasteiger partial charge in [-0.25, -0.2) is 4.79 Å². The van der Waals surface area contributed by atoms with Crippen LogP contribution in [0.3, 0.4) is 0 Å². The van der Waals surface area contributed by atoms with Crippen LogP contribution in [-0.2, 0) is 14.3 Å². The van der Waals surface area contributed by atoms with Gasteiger partial charge in [-0.15, -0.1) is 0 Å². The van der Waals surface area contributed by atoms with Crippen molar-refractivity contribution in [3.8, 4) is 0 Å². The Morgan fingerprint density at radius 3 is 2.12 bits per heavy atom. The first-order chi connectivity index (χ1) is 11.1. The Labute approximate surface area is 135 Å². The number of aliphatic carboxylic acids is 1. The Kier molecular flexibility index (Phi) is 7.88. The SMILES string of the molecule is O=C(O)[C@H](O)[C@@H](O)C(O[C@@H]1O[C@H](O)[C@@H](CO)[C@H](O)[C@H]1O)[C@H](O)CO. The predicted molar refractivity (Wildman–Crippen MR) is 71.1 cm³/mol. The molecule has 9 N–H and O–H groups in total. The van der Waals surface area contributed by atoms with E-state index in [2.05, 4.69) is 0 Å². The van der Waals surface area contributed by atoms with E-state index in [1.54, 1.807) is 0 Å². The van der Waals surface area contributed by atoms with Crippen LogP contribution in [0, 0.1) is 5.92 Å². The standard InChI is InChI=1S/C12H22O12/c13-1-3-5(16)8(19)12(24-11(3)22)23-9(4(15)2-14)6(17)7(18)10(20)21/h3-9,11-19,22H,1-2H2,(H,20,21)/t3-,4+,5-,6+,7+,8+,9?,11-,12+/m0/s1. The van der Waals surface area contributed by atoms with Crippen LogP contribution >= 0.6 is 0 Å². The summed E-state index contributed by atoms with van der Waals surface area (Å²) < 4.78 is 9.78. The maximum Gasteiger partial charge on any atom is 0.335 e. The molecule has 1 aliphatic heterocycles. The molecule has 12 heteroatoms. The molecule has 1 heterocycles. The third-order valence-corrected chi connectivity index (χ3v) is 3.69. The molecule has 1 fully saturated rings. The molecule has 0 aromatic heterocycles. The molecule has 0 aromatic carbocycles. The molecule has 24 heavy (non-hydrogen) atoms. The number of aliphatic hydroxyl groups is 8. The number of carboxylic acids is 1. The maximum absolute atomic E-state index is 10.7. The Morgan fingerprint density at radius 1 is 1.08 bits per heavy atom. The number of carboxylic acid groups (broad SMARTS) is 1. The molecular formula is C12H22O12. The van der Waals surface area contributed by atoms with Crippen molar-refractivity contribution in [3.05, 3.63) is 0 Å². The molecule has 9 atom stereocenters. The third-order valence-electron chi connectivity index (χ3n) is 3.69. The Morgan fingerprint density at radius 2 is 1.67 bits per heavy atom. The molecule has 142 valence electrons. The largest absolute Gasteiger partial charge is 0.479 e. The monoisotopic (exact) mass is 358 g/mol. The molecule has 12 nitrogen and oxygen atoms in total. The van der Waals surface area contributed by atoms with E-state index >= 15 is 0 Å². The van der Waals surface area contributed by atoms with Crippen molar-refractivity contribution in [2.75, 3.05) is 13.2 Å². The minimum atomic E-state index is -2.39. The summed E-state index contributed by atoms with van der Waals surface area (Å²) in [5, 5.41) is 84.6. The Hall–Kier alpha value is -0.930. The number of rotatable bonds is 8. The summed E-state index contributed by atoms with van der Waals surface area (Å²) in [6.45, 7) is -1.73. The summed E-state index contributed by atoms with van der Waals surface area (Å²) in [6.07, 6.45) is -15.6.